The molecule has 0 bridgehead atoms. The van der Waals surface area contributed by atoms with Gasteiger partial charge in [0.25, 0.3) is 0 Å². The fraction of sp³-hybridized carbons (Fsp3) is 0.417. The Morgan fingerprint density at radius 2 is 1.27 bits per heavy atom. The van der Waals surface area contributed by atoms with Gasteiger partial charge < -0.3 is 5.32 Å². The smallest absolute Gasteiger partial charge is 0.321 e. The Morgan fingerprint density at radius 3 is 1.69 bits per heavy atom. The van der Waals surface area contributed by atoms with Gasteiger partial charge in [0, 0.05) is 5.69 Å². The number of benzene rings is 1. The first kappa shape index (κ1) is 21.9. The topological polar surface area (TPSA) is 29.1 Å². The van der Waals surface area contributed by atoms with E-state index in [1.807, 2.05) is 0 Å². The van der Waals surface area contributed by atoms with Gasteiger partial charge in [-0.2, -0.15) is 52.7 Å². The van der Waals surface area contributed by atoms with Crippen molar-refractivity contribution in [3.63, 3.8) is 0 Å². The first-order valence-electron chi connectivity index (χ1n) is 6.04. The molecule has 0 fully saturated rings. The van der Waals surface area contributed by atoms with E-state index in [1.54, 1.807) is 0 Å². The summed E-state index contributed by atoms with van der Waals surface area (Å²) in [6.45, 7) is 0. The molecular formula is C12H5F12NO. The van der Waals surface area contributed by atoms with E-state index in [1.165, 1.54) is 0 Å². The summed E-state index contributed by atoms with van der Waals surface area (Å²) in [6.07, 6.45) is -12.2. The van der Waals surface area contributed by atoms with Crippen LogP contribution in [0.2, 0.25) is 0 Å². The summed E-state index contributed by atoms with van der Waals surface area (Å²) in [7, 11) is 0. The average Bonchev–Trinajstić information content (AvgIpc) is 2.44. The molecule has 1 aromatic carbocycles. The van der Waals surface area contributed by atoms with Crippen LogP contribution in [0.4, 0.5) is 58.4 Å². The van der Waals surface area contributed by atoms with Crippen LogP contribution in [0.5, 0.6) is 0 Å². The lowest BCUT2D eigenvalue weighted by Crippen LogP contribution is -2.64. The molecule has 0 aliphatic carbocycles. The van der Waals surface area contributed by atoms with Crippen molar-refractivity contribution in [2.75, 3.05) is 5.32 Å². The van der Waals surface area contributed by atoms with Crippen LogP contribution in [0, 0.1) is 0 Å². The Morgan fingerprint density at radius 1 is 0.769 bits per heavy atom. The van der Waals surface area contributed by atoms with Crippen molar-refractivity contribution in [2.45, 2.75) is 30.1 Å². The molecule has 0 aliphatic rings. The van der Waals surface area contributed by atoms with Gasteiger partial charge in [0.2, 0.25) is 0 Å². The molecule has 0 heterocycles. The van der Waals surface area contributed by atoms with Crippen LogP contribution in [0.3, 0.4) is 0 Å². The van der Waals surface area contributed by atoms with E-state index in [4.69, 9.17) is 0 Å². The zero-order valence-electron chi connectivity index (χ0n) is 11.8. The summed E-state index contributed by atoms with van der Waals surface area (Å²) in [5.74, 6) is -24.5. The maximum Gasteiger partial charge on any atom is 0.460 e. The summed E-state index contributed by atoms with van der Waals surface area (Å²) in [5.41, 5.74) is -2.72. The van der Waals surface area contributed by atoms with Gasteiger partial charge in [0.1, 0.15) is 0 Å². The molecule has 1 rings (SSSR count). The number of carbonyl (C=O) groups is 1. The van der Waals surface area contributed by atoms with E-state index in [9.17, 15) is 57.5 Å². The van der Waals surface area contributed by atoms with Crippen LogP contribution in [-0.4, -0.2) is 29.9 Å². The van der Waals surface area contributed by atoms with Gasteiger partial charge in [-0.25, -0.2) is 0 Å². The standard InChI is InChI=1S/C12H5F12NO/c13-8(14,10(18,19)11(20,21)12(22,23)24)7(26)25-6-3-1-2-5(4-6)9(15,16)17/h1-4H,(H,25,26). The molecule has 0 saturated carbocycles. The Bertz CT molecular complexity index is 676. The van der Waals surface area contributed by atoms with Gasteiger partial charge in [-0.15, -0.1) is 0 Å². The second-order valence-electron chi connectivity index (χ2n) is 4.75. The molecule has 14 heteroatoms. The lowest BCUT2D eigenvalue weighted by molar-refractivity contribution is -0.388. The molecule has 0 radical (unpaired) electrons. The zero-order valence-corrected chi connectivity index (χ0v) is 11.8. The van der Waals surface area contributed by atoms with Crippen LogP contribution < -0.4 is 5.32 Å². The number of rotatable bonds is 4. The summed E-state index contributed by atoms with van der Waals surface area (Å²) in [6, 6.07) is 1.40. The maximum absolute atomic E-state index is 13.3. The van der Waals surface area contributed by atoms with Crippen molar-refractivity contribution >= 4 is 11.6 Å². The number of nitrogens with one attached hydrogen (secondary N) is 1. The van der Waals surface area contributed by atoms with Gasteiger partial charge in [-0.1, -0.05) is 6.07 Å². The third-order valence-electron chi connectivity index (χ3n) is 2.88. The Hall–Kier alpha value is -2.15. The van der Waals surface area contributed by atoms with E-state index >= 15 is 0 Å². The van der Waals surface area contributed by atoms with Crippen LogP contribution in [0.1, 0.15) is 5.56 Å². The number of anilines is 1. The minimum Gasteiger partial charge on any atom is -0.321 e. The molecule has 26 heavy (non-hydrogen) atoms. The third kappa shape index (κ3) is 3.67. The van der Waals surface area contributed by atoms with Crippen LogP contribution in [-0.2, 0) is 11.0 Å². The molecule has 1 amide bonds. The Balaban J connectivity index is 3.20. The fourth-order valence-corrected chi connectivity index (χ4v) is 1.50. The lowest BCUT2D eigenvalue weighted by atomic mass is 10.0. The largest absolute Gasteiger partial charge is 0.460 e. The molecule has 0 spiro atoms. The predicted molar refractivity (Wildman–Crippen MR) is 61.0 cm³/mol. The van der Waals surface area contributed by atoms with Crippen LogP contribution in [0.25, 0.3) is 0 Å². The molecular weight excluding hydrogens is 402 g/mol. The highest BCUT2D eigenvalue weighted by molar-refractivity contribution is 5.97. The van der Waals surface area contributed by atoms with Crippen molar-refractivity contribution in [3.05, 3.63) is 29.8 Å². The molecule has 0 aromatic heterocycles. The van der Waals surface area contributed by atoms with E-state index in [0.717, 1.165) is 5.32 Å². The Labute approximate surface area is 135 Å². The molecule has 0 saturated heterocycles. The van der Waals surface area contributed by atoms with Gasteiger partial charge in [0.15, 0.2) is 0 Å². The highest BCUT2D eigenvalue weighted by Gasteiger charge is 2.83. The lowest BCUT2D eigenvalue weighted by Gasteiger charge is -2.32. The van der Waals surface area contributed by atoms with Crippen molar-refractivity contribution in [1.29, 1.82) is 0 Å². The van der Waals surface area contributed by atoms with Gasteiger partial charge in [0.05, 0.1) is 5.56 Å². The number of hydrogen-bond acceptors (Lipinski definition) is 1. The summed E-state index contributed by atoms with van der Waals surface area (Å²) >= 11 is 0. The quantitative estimate of drug-likeness (QED) is 0.691. The van der Waals surface area contributed by atoms with Crippen molar-refractivity contribution in [3.8, 4) is 0 Å². The molecule has 0 unspecified atom stereocenters. The maximum atomic E-state index is 13.3. The van der Waals surface area contributed by atoms with Crippen molar-refractivity contribution in [2.24, 2.45) is 0 Å². The number of carbonyl (C=O) groups excluding carboxylic acids is 1. The number of amides is 1. The fourth-order valence-electron chi connectivity index (χ4n) is 1.50. The molecule has 2 nitrogen and oxygen atoms in total. The van der Waals surface area contributed by atoms with Crippen LogP contribution >= 0.6 is 0 Å². The average molecular weight is 407 g/mol. The summed E-state index contributed by atoms with van der Waals surface area (Å²) in [5, 5.41) is 0.755. The Kier molecular flexibility index (Phi) is 5.24. The zero-order chi connectivity index (χ0) is 20.8. The molecule has 0 atom stereocenters. The second kappa shape index (κ2) is 6.23. The van der Waals surface area contributed by atoms with E-state index in [2.05, 4.69) is 0 Å². The second-order valence-corrected chi connectivity index (χ2v) is 4.75. The first-order chi connectivity index (χ1) is 11.4. The van der Waals surface area contributed by atoms with Gasteiger partial charge in [-0.3, -0.25) is 4.79 Å². The van der Waals surface area contributed by atoms with E-state index in [-0.39, 0.29) is 6.07 Å². The monoisotopic (exact) mass is 407 g/mol. The van der Waals surface area contributed by atoms with Gasteiger partial charge in [-0.05, 0) is 18.2 Å². The van der Waals surface area contributed by atoms with E-state index in [0.29, 0.717) is 18.2 Å². The minimum absolute atomic E-state index is 0.0198. The van der Waals surface area contributed by atoms with Crippen LogP contribution in [0.15, 0.2) is 24.3 Å². The predicted octanol–water partition coefficient (Wildman–Crippen LogP) is 5.11. The summed E-state index contributed by atoms with van der Waals surface area (Å²) < 4.78 is 151. The molecule has 0 aliphatic heterocycles. The van der Waals surface area contributed by atoms with Crippen molar-refractivity contribution < 1.29 is 57.5 Å². The third-order valence-corrected chi connectivity index (χ3v) is 2.88. The number of halogens is 12. The SMILES string of the molecule is O=C(Nc1cccc(C(F)(F)F)c1)C(F)(F)C(F)(F)C(F)(F)C(F)(F)F. The number of alkyl halides is 12. The minimum atomic E-state index is -7.30. The first-order valence-corrected chi connectivity index (χ1v) is 6.04. The highest BCUT2D eigenvalue weighted by atomic mass is 19.4. The van der Waals surface area contributed by atoms with Gasteiger partial charge >= 0.3 is 36.0 Å². The van der Waals surface area contributed by atoms with Crippen molar-refractivity contribution in [1.82, 2.24) is 0 Å². The van der Waals surface area contributed by atoms with E-state index < -0.39 is 47.3 Å². The normalized spacial score (nSPS) is 14.3. The molecule has 1 aromatic rings. The molecule has 1 N–H and O–H groups in total. The highest BCUT2D eigenvalue weighted by Crippen LogP contribution is 2.53. The molecule has 148 valence electrons. The summed E-state index contributed by atoms with van der Waals surface area (Å²) in [4.78, 5) is 11.1. The number of hydrogen-bond donors (Lipinski definition) is 1.